The van der Waals surface area contributed by atoms with Crippen LogP contribution in [0.25, 0.3) is 0 Å². The summed E-state index contributed by atoms with van der Waals surface area (Å²) in [7, 11) is 0. The summed E-state index contributed by atoms with van der Waals surface area (Å²) in [5.74, 6) is -0.730. The molecule has 2 rings (SSSR count). The maximum Gasteiger partial charge on any atom is 0.328 e. The van der Waals surface area contributed by atoms with Gasteiger partial charge in [-0.3, -0.25) is 14.3 Å². The summed E-state index contributed by atoms with van der Waals surface area (Å²) < 4.78 is 6.16. The number of aromatic nitrogens is 2. The number of hydrogen-bond acceptors (Lipinski definition) is 5. The Bertz CT molecular complexity index is 656. The Morgan fingerprint density at radius 2 is 2.19 bits per heavy atom. The van der Waals surface area contributed by atoms with E-state index in [-0.39, 0.29) is 13.2 Å². The molecule has 0 spiro atoms. The summed E-state index contributed by atoms with van der Waals surface area (Å²) in [4.78, 5) is 23.1. The zero-order valence-corrected chi connectivity index (χ0v) is 11.7. The molecule has 1 heterocycles. The van der Waals surface area contributed by atoms with E-state index in [1.54, 1.807) is 36.5 Å². The molecule has 3 N–H and O–H groups in total. The zero-order chi connectivity index (χ0) is 15.2. The third kappa shape index (κ3) is 4.81. The van der Waals surface area contributed by atoms with Gasteiger partial charge >= 0.3 is 5.97 Å². The summed E-state index contributed by atoms with van der Waals surface area (Å²) in [6.45, 7) is -0.496. The molecule has 0 radical (unpaired) electrons. The Balaban J connectivity index is 1.77. The van der Waals surface area contributed by atoms with Crippen molar-refractivity contribution in [1.82, 2.24) is 9.78 Å². The molecule has 0 saturated carbocycles. The highest BCUT2D eigenvalue weighted by atomic mass is 35.5. The van der Waals surface area contributed by atoms with Gasteiger partial charge in [0.2, 0.25) is 0 Å². The van der Waals surface area contributed by atoms with Crippen LogP contribution >= 0.6 is 11.6 Å². The van der Waals surface area contributed by atoms with Gasteiger partial charge in [0, 0.05) is 16.9 Å². The molecule has 1 aromatic carbocycles. The fraction of sp³-hybridized carbons (Fsp3) is 0.154. The van der Waals surface area contributed by atoms with Crippen molar-refractivity contribution in [3.8, 4) is 0 Å². The van der Waals surface area contributed by atoms with E-state index < -0.39 is 11.9 Å². The van der Waals surface area contributed by atoms with Gasteiger partial charge in [0.15, 0.2) is 6.61 Å². The molecule has 1 amide bonds. The van der Waals surface area contributed by atoms with Crippen LogP contribution in [-0.2, 0) is 20.9 Å². The molecule has 0 aliphatic rings. The maximum atomic E-state index is 11.6. The molecule has 1 aromatic heterocycles. The highest BCUT2D eigenvalue weighted by Crippen LogP contribution is 2.14. The summed E-state index contributed by atoms with van der Waals surface area (Å²) >= 11 is 5.79. The highest BCUT2D eigenvalue weighted by Gasteiger charge is 2.09. The lowest BCUT2D eigenvalue weighted by Gasteiger charge is -2.07. The van der Waals surface area contributed by atoms with Crippen molar-refractivity contribution >= 4 is 35.0 Å². The molecule has 8 heteroatoms. The van der Waals surface area contributed by atoms with E-state index in [0.29, 0.717) is 16.5 Å². The lowest BCUT2D eigenvalue weighted by Crippen LogP contribution is -2.23. The lowest BCUT2D eigenvalue weighted by atomic mass is 10.3. The van der Waals surface area contributed by atoms with E-state index in [2.05, 4.69) is 10.4 Å². The fourth-order valence-corrected chi connectivity index (χ4v) is 1.74. The normalized spacial score (nSPS) is 10.1. The van der Waals surface area contributed by atoms with E-state index in [0.717, 1.165) is 0 Å². The topological polar surface area (TPSA) is 99.2 Å². The quantitative estimate of drug-likeness (QED) is 0.811. The van der Waals surface area contributed by atoms with E-state index in [1.165, 1.54) is 4.68 Å². The summed E-state index contributed by atoms with van der Waals surface area (Å²) in [6.07, 6.45) is 1.54. The van der Waals surface area contributed by atoms with Crippen LogP contribution in [0.4, 0.5) is 11.5 Å². The molecule has 110 valence electrons. The second kappa shape index (κ2) is 6.76. The third-order valence-electron chi connectivity index (χ3n) is 2.43. The van der Waals surface area contributed by atoms with Crippen LogP contribution in [-0.4, -0.2) is 28.3 Å². The van der Waals surface area contributed by atoms with Gasteiger partial charge in [0.05, 0.1) is 0 Å². The van der Waals surface area contributed by atoms with Crippen LogP contribution < -0.4 is 11.1 Å². The van der Waals surface area contributed by atoms with E-state index >= 15 is 0 Å². The second-order valence-electron chi connectivity index (χ2n) is 4.16. The van der Waals surface area contributed by atoms with Crippen molar-refractivity contribution in [3.63, 3.8) is 0 Å². The number of ether oxygens (including phenoxy) is 1. The fourth-order valence-electron chi connectivity index (χ4n) is 1.55. The number of hydrogen-bond donors (Lipinski definition) is 2. The van der Waals surface area contributed by atoms with Crippen molar-refractivity contribution < 1.29 is 14.3 Å². The van der Waals surface area contributed by atoms with Crippen LogP contribution in [0.15, 0.2) is 36.5 Å². The highest BCUT2D eigenvalue weighted by molar-refractivity contribution is 6.30. The average molecular weight is 309 g/mol. The minimum atomic E-state index is -0.584. The number of benzene rings is 1. The molecular formula is C13H13ClN4O3. The minimum absolute atomic E-state index is 0.109. The van der Waals surface area contributed by atoms with Gasteiger partial charge in [-0.25, -0.2) is 0 Å². The van der Waals surface area contributed by atoms with E-state index in [1.807, 2.05) is 0 Å². The molecule has 0 fully saturated rings. The molecule has 0 bridgehead atoms. The number of anilines is 2. The summed E-state index contributed by atoms with van der Waals surface area (Å²) in [5.41, 5.74) is 5.95. The first kappa shape index (κ1) is 14.9. The van der Waals surface area contributed by atoms with Crippen LogP contribution in [0.5, 0.6) is 0 Å². The van der Waals surface area contributed by atoms with Gasteiger partial charge < -0.3 is 15.8 Å². The van der Waals surface area contributed by atoms with Crippen molar-refractivity contribution in [1.29, 1.82) is 0 Å². The SMILES string of the molecule is Nc1ccn(CC(=O)OCC(=O)Nc2cccc(Cl)c2)n1. The Kier molecular flexibility index (Phi) is 4.78. The lowest BCUT2D eigenvalue weighted by molar-refractivity contribution is -0.148. The van der Waals surface area contributed by atoms with E-state index in [4.69, 9.17) is 22.1 Å². The van der Waals surface area contributed by atoms with Gasteiger partial charge in [0.25, 0.3) is 5.91 Å². The van der Waals surface area contributed by atoms with Crippen molar-refractivity contribution in [2.45, 2.75) is 6.54 Å². The molecule has 0 aliphatic carbocycles. The van der Waals surface area contributed by atoms with Gasteiger partial charge in [-0.1, -0.05) is 17.7 Å². The number of amides is 1. The molecule has 21 heavy (non-hydrogen) atoms. The van der Waals surface area contributed by atoms with Crippen LogP contribution in [0.1, 0.15) is 0 Å². The van der Waals surface area contributed by atoms with Gasteiger partial charge in [-0.2, -0.15) is 5.10 Å². The van der Waals surface area contributed by atoms with Crippen molar-refractivity contribution in [3.05, 3.63) is 41.6 Å². The number of nitrogen functional groups attached to an aromatic ring is 1. The van der Waals surface area contributed by atoms with Crippen molar-refractivity contribution in [2.75, 3.05) is 17.7 Å². The number of carbonyl (C=O) groups is 2. The van der Waals surface area contributed by atoms with Crippen LogP contribution in [0.2, 0.25) is 5.02 Å². The van der Waals surface area contributed by atoms with Gasteiger partial charge in [-0.15, -0.1) is 0 Å². The minimum Gasteiger partial charge on any atom is -0.454 e. The molecule has 0 unspecified atom stereocenters. The summed E-state index contributed by atoms with van der Waals surface area (Å²) in [6, 6.07) is 8.21. The molecule has 2 aromatic rings. The number of nitrogens with two attached hydrogens (primary N) is 1. The summed E-state index contributed by atoms with van der Waals surface area (Å²) in [5, 5.41) is 6.90. The predicted octanol–water partition coefficient (Wildman–Crippen LogP) is 1.30. The number of rotatable bonds is 5. The average Bonchev–Trinajstić information content (AvgIpc) is 2.82. The molecule has 7 nitrogen and oxygen atoms in total. The third-order valence-corrected chi connectivity index (χ3v) is 2.66. The van der Waals surface area contributed by atoms with E-state index in [9.17, 15) is 9.59 Å². The number of esters is 1. The monoisotopic (exact) mass is 308 g/mol. The first-order valence-corrected chi connectivity index (χ1v) is 6.41. The number of nitrogens with zero attached hydrogens (tertiary/aromatic N) is 2. The molecular weight excluding hydrogens is 296 g/mol. The maximum absolute atomic E-state index is 11.6. The number of carbonyl (C=O) groups excluding carboxylic acids is 2. The Hall–Kier alpha value is -2.54. The second-order valence-corrected chi connectivity index (χ2v) is 4.59. The van der Waals surface area contributed by atoms with Crippen molar-refractivity contribution in [2.24, 2.45) is 0 Å². The Morgan fingerprint density at radius 3 is 2.86 bits per heavy atom. The van der Waals surface area contributed by atoms with Crippen LogP contribution in [0.3, 0.4) is 0 Å². The predicted molar refractivity (Wildman–Crippen MR) is 77.7 cm³/mol. The van der Waals surface area contributed by atoms with Gasteiger partial charge in [-0.05, 0) is 24.3 Å². The standard InChI is InChI=1S/C13H13ClN4O3/c14-9-2-1-3-10(6-9)16-12(19)8-21-13(20)7-18-5-4-11(15)17-18/h1-6H,7-8H2,(H2,15,17)(H,16,19). The first-order valence-electron chi connectivity index (χ1n) is 6.03. The van der Waals surface area contributed by atoms with Crippen LogP contribution in [0, 0.1) is 0 Å². The number of halogens is 1. The molecule has 0 atom stereocenters. The molecule has 0 aliphatic heterocycles. The molecule has 0 saturated heterocycles. The number of nitrogens with one attached hydrogen (secondary N) is 1. The first-order chi connectivity index (χ1) is 10.0. The van der Waals surface area contributed by atoms with Gasteiger partial charge in [0.1, 0.15) is 12.4 Å². The largest absolute Gasteiger partial charge is 0.454 e. The zero-order valence-electron chi connectivity index (χ0n) is 11.0. The Labute approximate surface area is 125 Å². The Morgan fingerprint density at radius 1 is 1.38 bits per heavy atom. The smallest absolute Gasteiger partial charge is 0.328 e.